The van der Waals surface area contributed by atoms with E-state index in [1.807, 2.05) is 33.3 Å². The number of quaternary nitrogens is 1. The van der Waals surface area contributed by atoms with Crippen molar-refractivity contribution in [1.82, 2.24) is 5.32 Å². The fourth-order valence-electron chi connectivity index (χ4n) is 7.87. The predicted octanol–water partition coefficient (Wildman–Crippen LogP) is 16.6. The van der Waals surface area contributed by atoms with Crippen LogP contribution >= 0.6 is 7.82 Å². The van der Waals surface area contributed by atoms with Crippen LogP contribution in [0.3, 0.4) is 0 Å². The number of esters is 1. The van der Waals surface area contributed by atoms with Gasteiger partial charge in [0, 0.05) is 12.8 Å². The zero-order valence-corrected chi connectivity index (χ0v) is 45.5. The molecule has 0 aromatic carbocycles. The minimum atomic E-state index is -4.45. The van der Waals surface area contributed by atoms with Gasteiger partial charge in [0.1, 0.15) is 19.3 Å². The summed E-state index contributed by atoms with van der Waals surface area (Å²) in [6.07, 6.45) is 56.8. The Hall–Kier alpha value is -2.03. The van der Waals surface area contributed by atoms with Gasteiger partial charge in [0.15, 0.2) is 0 Å². The molecule has 0 aliphatic rings. The number of hydrogen-bond acceptors (Lipinski definition) is 6. The molecule has 2 N–H and O–H groups in total. The highest BCUT2D eigenvalue weighted by molar-refractivity contribution is 7.47. The lowest BCUT2D eigenvalue weighted by atomic mass is 10.1. The fraction of sp³-hybridized carbons (Fsp3) is 0.825. The quantitative estimate of drug-likeness (QED) is 0.0156. The second-order valence-corrected chi connectivity index (χ2v) is 21.6. The summed E-state index contributed by atoms with van der Waals surface area (Å²) in [4.78, 5) is 37.5. The molecule has 0 radical (unpaired) electrons. The Kier molecular flexibility index (Phi) is 46.2. The minimum Gasteiger partial charge on any atom is -0.456 e. The minimum absolute atomic E-state index is 0.0329. The van der Waals surface area contributed by atoms with E-state index in [2.05, 4.69) is 62.5 Å². The van der Waals surface area contributed by atoms with Crippen LogP contribution in [-0.2, 0) is 27.9 Å². The summed E-state index contributed by atoms with van der Waals surface area (Å²) >= 11 is 0. The van der Waals surface area contributed by atoms with Crippen molar-refractivity contribution in [2.45, 2.75) is 264 Å². The molecule has 0 aromatic rings. The van der Waals surface area contributed by atoms with Gasteiger partial charge in [-0.3, -0.25) is 18.6 Å². The second kappa shape index (κ2) is 47.6. The van der Waals surface area contributed by atoms with Crippen LogP contribution in [0, 0.1) is 0 Å². The summed E-state index contributed by atoms with van der Waals surface area (Å²) in [7, 11) is 1.47. The Morgan fingerprint density at radius 1 is 0.522 bits per heavy atom. The number of carbonyl (C=O) groups excluding carboxylic acids is 2. The van der Waals surface area contributed by atoms with Crippen molar-refractivity contribution in [3.63, 3.8) is 0 Å². The molecule has 10 heteroatoms. The molecule has 392 valence electrons. The number of unbranched alkanes of at least 4 members (excludes halogenated alkanes) is 29. The highest BCUT2D eigenvalue weighted by Gasteiger charge is 2.30. The van der Waals surface area contributed by atoms with E-state index in [9.17, 15) is 19.0 Å². The summed E-state index contributed by atoms with van der Waals surface area (Å²) < 4.78 is 30.5. The van der Waals surface area contributed by atoms with Crippen LogP contribution in [0.1, 0.15) is 252 Å². The van der Waals surface area contributed by atoms with Gasteiger partial charge in [0.25, 0.3) is 0 Å². The Bertz CT molecular complexity index is 1290. The van der Waals surface area contributed by atoms with Gasteiger partial charge in [-0.2, -0.15) is 0 Å². The zero-order valence-electron chi connectivity index (χ0n) is 44.6. The van der Waals surface area contributed by atoms with Gasteiger partial charge in [0.2, 0.25) is 5.91 Å². The number of carbonyl (C=O) groups is 2. The number of phosphoric ester groups is 1. The third-order valence-corrected chi connectivity index (χ3v) is 13.3. The Morgan fingerprint density at radius 3 is 1.36 bits per heavy atom. The molecule has 0 aromatic heterocycles. The molecule has 0 aliphatic heterocycles. The Balaban J connectivity index is 5.44. The van der Waals surface area contributed by atoms with Crippen LogP contribution in [0.15, 0.2) is 48.6 Å². The molecule has 0 spiro atoms. The molecular formula is C57H108N2O7P+. The topological polar surface area (TPSA) is 111 Å². The molecular weight excluding hydrogens is 856 g/mol. The molecule has 0 fully saturated rings. The first-order valence-corrected chi connectivity index (χ1v) is 29.5. The van der Waals surface area contributed by atoms with E-state index in [1.165, 1.54) is 135 Å². The van der Waals surface area contributed by atoms with Crippen LogP contribution < -0.4 is 5.32 Å². The summed E-state index contributed by atoms with van der Waals surface area (Å²) in [5, 5.41) is 3.02. The van der Waals surface area contributed by atoms with Gasteiger partial charge in [0.05, 0.1) is 33.8 Å². The standard InChI is InChI=1S/C57H107N2O7P/c1-7-10-13-16-19-22-25-28-29-30-32-34-37-40-43-46-49-56(60)58-54(53-65-67(62,63)64-52-51-59(4,5)6)55(48-45-42-39-36-33-27-24-21-18-15-12-9-3)66-57(61)50-47-44-41-38-35-31-26-23-20-17-14-11-8-2/h29-32,34-35,45,48,54-55H,7-28,33,36-44,46-47,49-53H2,1-6H3,(H-,58,60,62,63)/p+1/b30-29+,34-32+,35-31-,48-45+. The van der Waals surface area contributed by atoms with Gasteiger partial charge in [-0.05, 0) is 83.1 Å². The van der Waals surface area contributed by atoms with Crippen molar-refractivity contribution in [3.05, 3.63) is 48.6 Å². The van der Waals surface area contributed by atoms with Gasteiger partial charge in [-0.1, -0.05) is 205 Å². The van der Waals surface area contributed by atoms with Gasteiger partial charge in [-0.25, -0.2) is 4.57 Å². The number of amides is 1. The normalized spacial score (nSPS) is 14.2. The van der Waals surface area contributed by atoms with E-state index in [1.54, 1.807) is 0 Å². The molecule has 9 nitrogen and oxygen atoms in total. The van der Waals surface area contributed by atoms with Crippen LogP contribution in [0.25, 0.3) is 0 Å². The van der Waals surface area contributed by atoms with Crippen molar-refractivity contribution in [2.24, 2.45) is 0 Å². The summed E-state index contributed by atoms with van der Waals surface area (Å²) in [6, 6.07) is -0.865. The number of rotatable bonds is 50. The van der Waals surface area contributed by atoms with E-state index in [4.69, 9.17) is 13.8 Å². The van der Waals surface area contributed by atoms with Gasteiger partial charge >= 0.3 is 13.8 Å². The van der Waals surface area contributed by atoms with Gasteiger partial charge < -0.3 is 19.4 Å². The summed E-state index contributed by atoms with van der Waals surface area (Å²) in [5.74, 6) is -0.552. The second-order valence-electron chi connectivity index (χ2n) is 20.1. The molecule has 0 heterocycles. The molecule has 0 saturated heterocycles. The smallest absolute Gasteiger partial charge is 0.456 e. The molecule has 3 atom stereocenters. The van der Waals surface area contributed by atoms with Crippen molar-refractivity contribution >= 4 is 19.7 Å². The number of allylic oxidation sites excluding steroid dienone is 7. The molecule has 3 unspecified atom stereocenters. The highest BCUT2D eigenvalue weighted by Crippen LogP contribution is 2.43. The first-order valence-electron chi connectivity index (χ1n) is 28.0. The lowest BCUT2D eigenvalue weighted by Gasteiger charge is -2.27. The SMILES string of the molecule is CCCCCCCC/C=C\CCCCCC(=O)OC(/C=C/CCCCCCCCCCCC)C(COP(=O)(O)OCC[N+](C)(C)C)NC(=O)CCCCC/C=C/C=C/CCCCCCCCC. The highest BCUT2D eigenvalue weighted by atomic mass is 31.2. The predicted molar refractivity (Wildman–Crippen MR) is 286 cm³/mol. The Labute approximate surface area is 414 Å². The molecule has 0 bridgehead atoms. The van der Waals surface area contributed by atoms with Crippen LogP contribution in [0.2, 0.25) is 0 Å². The number of ether oxygens (including phenoxy) is 1. The third kappa shape index (κ3) is 48.8. The number of likely N-dealkylation sites (N-methyl/N-ethyl adjacent to an activating group) is 1. The number of hydrogen-bond donors (Lipinski definition) is 2. The zero-order chi connectivity index (χ0) is 49.4. The van der Waals surface area contributed by atoms with E-state index < -0.39 is 20.0 Å². The van der Waals surface area contributed by atoms with E-state index >= 15 is 0 Å². The first-order chi connectivity index (χ1) is 32.4. The lowest BCUT2D eigenvalue weighted by Crippen LogP contribution is -2.47. The molecule has 0 rings (SSSR count). The van der Waals surface area contributed by atoms with Crippen molar-refractivity contribution in [3.8, 4) is 0 Å². The maximum absolute atomic E-state index is 13.5. The van der Waals surface area contributed by atoms with Crippen LogP contribution in [-0.4, -0.2) is 74.3 Å². The largest absolute Gasteiger partial charge is 0.472 e. The number of nitrogens with zero attached hydrogens (tertiary/aromatic N) is 1. The molecule has 1 amide bonds. The average molecular weight is 964 g/mol. The fourth-order valence-corrected chi connectivity index (χ4v) is 8.60. The van der Waals surface area contributed by atoms with Crippen molar-refractivity contribution in [2.75, 3.05) is 40.9 Å². The van der Waals surface area contributed by atoms with Crippen molar-refractivity contribution in [1.29, 1.82) is 0 Å². The Morgan fingerprint density at radius 2 is 0.910 bits per heavy atom. The average Bonchev–Trinajstić information content (AvgIpc) is 3.28. The molecule has 0 aliphatic carbocycles. The number of nitrogens with one attached hydrogen (secondary N) is 1. The third-order valence-electron chi connectivity index (χ3n) is 12.3. The van der Waals surface area contributed by atoms with Gasteiger partial charge in [-0.15, -0.1) is 0 Å². The van der Waals surface area contributed by atoms with E-state index in [0.29, 0.717) is 30.3 Å². The van der Waals surface area contributed by atoms with Crippen LogP contribution in [0.4, 0.5) is 0 Å². The molecule has 67 heavy (non-hydrogen) atoms. The maximum atomic E-state index is 13.5. The summed E-state index contributed by atoms with van der Waals surface area (Å²) in [6.45, 7) is 6.96. The lowest BCUT2D eigenvalue weighted by molar-refractivity contribution is -0.870. The maximum Gasteiger partial charge on any atom is 0.472 e. The van der Waals surface area contributed by atoms with E-state index in [-0.39, 0.29) is 31.5 Å². The van der Waals surface area contributed by atoms with Crippen LogP contribution in [0.5, 0.6) is 0 Å². The summed E-state index contributed by atoms with van der Waals surface area (Å²) in [5.41, 5.74) is 0. The van der Waals surface area contributed by atoms with E-state index in [0.717, 1.165) is 70.6 Å². The molecule has 0 saturated carbocycles. The first kappa shape index (κ1) is 65.0. The monoisotopic (exact) mass is 964 g/mol. The van der Waals surface area contributed by atoms with Crippen molar-refractivity contribution < 1.29 is 37.3 Å². The number of phosphoric acid groups is 1.